The highest BCUT2D eigenvalue weighted by molar-refractivity contribution is 6.00. The molecule has 1 N–H and O–H groups in total. The van der Waals surface area contributed by atoms with Crippen LogP contribution in [0.25, 0.3) is 11.1 Å². The maximum atomic E-state index is 13.5. The van der Waals surface area contributed by atoms with E-state index in [0.29, 0.717) is 0 Å². The number of rotatable bonds is 3. The molecule has 5 rings (SSSR count). The fraction of sp³-hybridized carbons (Fsp3) is 0.304. The van der Waals surface area contributed by atoms with E-state index in [-0.39, 0.29) is 18.0 Å². The van der Waals surface area contributed by atoms with Gasteiger partial charge in [0.25, 0.3) is 5.91 Å². The maximum Gasteiger partial charge on any atom is 0.255 e. The van der Waals surface area contributed by atoms with Gasteiger partial charge in [-0.3, -0.25) is 9.89 Å². The van der Waals surface area contributed by atoms with Crippen LogP contribution < -0.4 is 4.74 Å². The van der Waals surface area contributed by atoms with Crippen LogP contribution in [0.2, 0.25) is 0 Å². The van der Waals surface area contributed by atoms with E-state index in [2.05, 4.69) is 39.4 Å². The number of carbonyl (C=O) groups is 1. The Labute approximate surface area is 164 Å². The van der Waals surface area contributed by atoms with Crippen LogP contribution in [0, 0.1) is 0 Å². The number of methoxy groups -OCH3 is 1. The lowest BCUT2D eigenvalue weighted by atomic mass is 9.97. The van der Waals surface area contributed by atoms with E-state index in [9.17, 15) is 4.79 Å². The number of carbonyl (C=O) groups excluding carboxylic acids is 1. The minimum absolute atomic E-state index is 0.0832. The highest BCUT2D eigenvalue weighted by Crippen LogP contribution is 2.47. The monoisotopic (exact) mass is 373 g/mol. The summed E-state index contributed by atoms with van der Waals surface area (Å²) in [6.07, 6.45) is 7.92. The van der Waals surface area contributed by atoms with E-state index < -0.39 is 0 Å². The molecule has 1 fully saturated rings. The third kappa shape index (κ3) is 2.70. The van der Waals surface area contributed by atoms with Crippen molar-refractivity contribution >= 4 is 5.91 Å². The number of ether oxygens (including phenoxy) is 1. The summed E-state index contributed by atoms with van der Waals surface area (Å²) < 4.78 is 5.42. The summed E-state index contributed by atoms with van der Waals surface area (Å²) in [4.78, 5) is 15.6. The van der Waals surface area contributed by atoms with Crippen LogP contribution in [0.3, 0.4) is 0 Å². The molecule has 0 radical (unpaired) electrons. The van der Waals surface area contributed by atoms with Crippen molar-refractivity contribution in [1.29, 1.82) is 0 Å². The molecule has 3 aromatic rings. The average Bonchev–Trinajstić information content (AvgIpc) is 3.29. The molecule has 1 aromatic heterocycles. The predicted octanol–water partition coefficient (Wildman–Crippen LogP) is 4.90. The standard InChI is InChI=1S/C23H23N3O2/c1-28-18-6-4-5-16(11-18)21-7-2-3-8-22-19-10-9-15(17-13-24-25-14-17)12-20(19)23(27)26(21)22/h4-6,9-14,21-22H,2-3,7-8H2,1H3,(H,24,25)/t21-,22?/m0/s1. The van der Waals surface area contributed by atoms with E-state index in [1.807, 2.05) is 24.4 Å². The summed E-state index contributed by atoms with van der Waals surface area (Å²) in [6, 6.07) is 14.6. The molecule has 0 bridgehead atoms. The zero-order valence-electron chi connectivity index (χ0n) is 15.9. The number of aromatic amines is 1. The third-order valence-corrected chi connectivity index (χ3v) is 6.06. The normalized spacial score (nSPS) is 21.2. The SMILES string of the molecule is COc1cccc([C@@H]2CCCCC3c4ccc(-c5cn[nH]c5)cc4C(=O)N32)c1. The van der Waals surface area contributed by atoms with Crippen molar-refractivity contribution < 1.29 is 9.53 Å². The topological polar surface area (TPSA) is 58.2 Å². The highest BCUT2D eigenvalue weighted by Gasteiger charge is 2.42. The van der Waals surface area contributed by atoms with Gasteiger partial charge in [0.1, 0.15) is 5.75 Å². The van der Waals surface area contributed by atoms with Crippen molar-refractivity contribution in [2.45, 2.75) is 37.8 Å². The third-order valence-electron chi connectivity index (χ3n) is 6.06. The van der Waals surface area contributed by atoms with Crippen LogP contribution in [0.5, 0.6) is 5.75 Å². The molecule has 142 valence electrons. The summed E-state index contributed by atoms with van der Waals surface area (Å²) in [6.45, 7) is 0. The molecular weight excluding hydrogens is 350 g/mol. The Morgan fingerprint density at radius 3 is 2.71 bits per heavy atom. The zero-order chi connectivity index (χ0) is 19.1. The molecule has 2 aliphatic heterocycles. The van der Waals surface area contributed by atoms with Crippen LogP contribution in [-0.4, -0.2) is 28.1 Å². The van der Waals surface area contributed by atoms with E-state index in [0.717, 1.165) is 59.3 Å². The second-order valence-electron chi connectivity index (χ2n) is 7.59. The second kappa shape index (κ2) is 6.82. The fourth-order valence-electron chi connectivity index (χ4n) is 4.69. The van der Waals surface area contributed by atoms with Crippen molar-refractivity contribution in [2.24, 2.45) is 0 Å². The molecule has 1 unspecified atom stereocenters. The molecule has 1 amide bonds. The van der Waals surface area contributed by atoms with E-state index in [1.54, 1.807) is 13.3 Å². The van der Waals surface area contributed by atoms with Crippen LogP contribution in [0.15, 0.2) is 54.9 Å². The first-order chi connectivity index (χ1) is 13.8. The lowest BCUT2D eigenvalue weighted by molar-refractivity contribution is 0.0628. The first-order valence-corrected chi connectivity index (χ1v) is 9.86. The van der Waals surface area contributed by atoms with E-state index in [4.69, 9.17) is 4.74 Å². The smallest absolute Gasteiger partial charge is 0.255 e. The van der Waals surface area contributed by atoms with Crippen molar-refractivity contribution in [1.82, 2.24) is 15.1 Å². The molecule has 2 aromatic carbocycles. The number of fused-ring (bicyclic) bond motifs is 3. The van der Waals surface area contributed by atoms with Crippen LogP contribution in [0.4, 0.5) is 0 Å². The quantitative estimate of drug-likeness (QED) is 0.710. The van der Waals surface area contributed by atoms with Gasteiger partial charge in [-0.2, -0.15) is 5.10 Å². The lowest BCUT2D eigenvalue weighted by Crippen LogP contribution is -2.31. The van der Waals surface area contributed by atoms with Gasteiger partial charge in [0, 0.05) is 17.3 Å². The van der Waals surface area contributed by atoms with Crippen LogP contribution >= 0.6 is 0 Å². The Morgan fingerprint density at radius 2 is 1.93 bits per heavy atom. The number of benzene rings is 2. The first-order valence-electron chi connectivity index (χ1n) is 9.86. The largest absolute Gasteiger partial charge is 0.497 e. The zero-order valence-corrected chi connectivity index (χ0v) is 15.9. The minimum atomic E-state index is 0.0832. The Kier molecular flexibility index (Phi) is 4.15. The Bertz CT molecular complexity index is 1010. The molecule has 1 saturated heterocycles. The fourth-order valence-corrected chi connectivity index (χ4v) is 4.69. The van der Waals surface area contributed by atoms with Gasteiger partial charge >= 0.3 is 0 Å². The second-order valence-corrected chi connectivity index (χ2v) is 7.59. The van der Waals surface area contributed by atoms with Crippen molar-refractivity contribution in [3.63, 3.8) is 0 Å². The van der Waals surface area contributed by atoms with E-state index >= 15 is 0 Å². The molecule has 3 heterocycles. The van der Waals surface area contributed by atoms with Gasteiger partial charge in [-0.1, -0.05) is 37.1 Å². The van der Waals surface area contributed by atoms with Gasteiger partial charge in [0.2, 0.25) is 0 Å². The van der Waals surface area contributed by atoms with Crippen LogP contribution in [0.1, 0.15) is 59.3 Å². The lowest BCUT2D eigenvalue weighted by Gasteiger charge is -2.32. The number of hydrogen-bond acceptors (Lipinski definition) is 3. The van der Waals surface area contributed by atoms with Gasteiger partial charge in [-0.05, 0) is 47.7 Å². The molecule has 2 aliphatic rings. The van der Waals surface area contributed by atoms with Crippen molar-refractivity contribution in [3.05, 3.63) is 71.5 Å². The molecular formula is C23H23N3O2. The molecule has 0 saturated carbocycles. The summed E-state index contributed by atoms with van der Waals surface area (Å²) in [7, 11) is 1.68. The van der Waals surface area contributed by atoms with Gasteiger partial charge in [-0.25, -0.2) is 0 Å². The van der Waals surface area contributed by atoms with E-state index in [1.165, 1.54) is 0 Å². The molecule has 5 heteroatoms. The van der Waals surface area contributed by atoms with Gasteiger partial charge < -0.3 is 9.64 Å². The number of nitrogens with zero attached hydrogens (tertiary/aromatic N) is 2. The molecule has 5 nitrogen and oxygen atoms in total. The maximum absolute atomic E-state index is 13.5. The average molecular weight is 373 g/mol. The van der Waals surface area contributed by atoms with Gasteiger partial charge in [-0.15, -0.1) is 0 Å². The van der Waals surface area contributed by atoms with Gasteiger partial charge in [0.15, 0.2) is 0 Å². The Morgan fingerprint density at radius 1 is 1.07 bits per heavy atom. The summed E-state index contributed by atoms with van der Waals surface area (Å²) in [5.41, 5.74) is 5.17. The number of aromatic nitrogens is 2. The van der Waals surface area contributed by atoms with Crippen LogP contribution in [-0.2, 0) is 0 Å². The number of H-pyrrole nitrogens is 1. The molecule has 0 spiro atoms. The predicted molar refractivity (Wildman–Crippen MR) is 107 cm³/mol. The first kappa shape index (κ1) is 17.0. The van der Waals surface area contributed by atoms with Gasteiger partial charge in [0.05, 0.1) is 25.4 Å². The Balaban J connectivity index is 1.56. The molecule has 0 aliphatic carbocycles. The molecule has 28 heavy (non-hydrogen) atoms. The summed E-state index contributed by atoms with van der Waals surface area (Å²) >= 11 is 0. The highest BCUT2D eigenvalue weighted by atomic mass is 16.5. The Hall–Kier alpha value is -3.08. The number of hydrogen-bond donors (Lipinski definition) is 1. The number of amides is 1. The summed E-state index contributed by atoms with van der Waals surface area (Å²) in [5, 5.41) is 6.88. The number of nitrogens with one attached hydrogen (secondary N) is 1. The minimum Gasteiger partial charge on any atom is -0.497 e. The summed E-state index contributed by atoms with van der Waals surface area (Å²) in [5.74, 6) is 0.977. The van der Waals surface area contributed by atoms with Crippen molar-refractivity contribution in [2.75, 3.05) is 7.11 Å². The van der Waals surface area contributed by atoms with Crippen molar-refractivity contribution in [3.8, 4) is 16.9 Å². The molecule has 2 atom stereocenters.